The molecule has 2 aliphatic carbocycles. The Morgan fingerprint density at radius 1 is 0.947 bits per heavy atom. The van der Waals surface area contributed by atoms with Gasteiger partial charge < -0.3 is 0 Å². The number of anilines is 1. The zero-order chi connectivity index (χ0) is 13.1. The quantitative estimate of drug-likeness (QED) is 0.746. The number of carbonyl (C=O) groups excluding carboxylic acids is 2. The van der Waals surface area contributed by atoms with Crippen LogP contribution < -0.4 is 4.90 Å². The smallest absolute Gasteiger partial charge is 0.237 e. The molecule has 19 heavy (non-hydrogen) atoms. The summed E-state index contributed by atoms with van der Waals surface area (Å²) >= 11 is 3.37. The standard InChI is InChI=1S/C15H14BrNO2/c16-10-3-5-11(6-4-10)17-14(18)12-8-1-2-9(7-8)13(12)15(17)19/h3-6,8-9,12-13H,1-2,7H2/t8-,9-,12+,13+/m1/s1. The average Bonchev–Trinajstić information content (AvgIpc) is 3.06. The van der Waals surface area contributed by atoms with Crippen LogP contribution in [0.2, 0.25) is 0 Å². The second-order valence-electron chi connectivity index (χ2n) is 5.87. The van der Waals surface area contributed by atoms with Crippen LogP contribution >= 0.6 is 15.9 Å². The summed E-state index contributed by atoms with van der Waals surface area (Å²) in [5.41, 5.74) is 0.715. The van der Waals surface area contributed by atoms with Gasteiger partial charge in [0.1, 0.15) is 0 Å². The van der Waals surface area contributed by atoms with E-state index in [0.29, 0.717) is 17.5 Å². The van der Waals surface area contributed by atoms with Crippen molar-refractivity contribution >= 4 is 33.4 Å². The Balaban J connectivity index is 1.73. The predicted octanol–water partition coefficient (Wildman–Crippen LogP) is 2.98. The van der Waals surface area contributed by atoms with Crippen LogP contribution in [0.3, 0.4) is 0 Å². The Morgan fingerprint density at radius 3 is 2.00 bits per heavy atom. The Hall–Kier alpha value is -1.16. The molecule has 2 saturated carbocycles. The highest BCUT2D eigenvalue weighted by atomic mass is 79.9. The summed E-state index contributed by atoms with van der Waals surface area (Å²) in [6.07, 6.45) is 3.33. The largest absolute Gasteiger partial charge is 0.274 e. The Morgan fingerprint density at radius 2 is 1.47 bits per heavy atom. The van der Waals surface area contributed by atoms with Gasteiger partial charge in [-0.25, -0.2) is 0 Å². The highest BCUT2D eigenvalue weighted by Crippen LogP contribution is 2.56. The van der Waals surface area contributed by atoms with Crippen LogP contribution in [0, 0.1) is 23.7 Å². The maximum Gasteiger partial charge on any atom is 0.237 e. The zero-order valence-electron chi connectivity index (χ0n) is 10.4. The maximum absolute atomic E-state index is 12.6. The Labute approximate surface area is 120 Å². The first-order valence-electron chi connectivity index (χ1n) is 6.80. The fourth-order valence-electron chi connectivity index (χ4n) is 4.25. The molecule has 1 aromatic rings. The lowest BCUT2D eigenvalue weighted by Crippen LogP contribution is -2.32. The van der Waals surface area contributed by atoms with Crippen LogP contribution in [0.25, 0.3) is 0 Å². The van der Waals surface area contributed by atoms with Crippen molar-refractivity contribution in [2.24, 2.45) is 23.7 Å². The van der Waals surface area contributed by atoms with E-state index < -0.39 is 0 Å². The van der Waals surface area contributed by atoms with E-state index in [1.807, 2.05) is 24.3 Å². The third kappa shape index (κ3) is 1.49. The monoisotopic (exact) mass is 319 g/mol. The molecule has 1 heterocycles. The molecule has 0 N–H and O–H groups in total. The van der Waals surface area contributed by atoms with Gasteiger partial charge >= 0.3 is 0 Å². The van der Waals surface area contributed by atoms with E-state index in [9.17, 15) is 9.59 Å². The number of amides is 2. The number of imide groups is 1. The minimum Gasteiger partial charge on any atom is -0.274 e. The van der Waals surface area contributed by atoms with E-state index in [1.54, 1.807) is 0 Å². The third-order valence-electron chi connectivity index (χ3n) is 5.01. The highest BCUT2D eigenvalue weighted by molar-refractivity contribution is 9.10. The average molecular weight is 320 g/mol. The van der Waals surface area contributed by atoms with E-state index in [4.69, 9.17) is 0 Å². The van der Waals surface area contributed by atoms with Gasteiger partial charge in [0.25, 0.3) is 0 Å². The summed E-state index contributed by atoms with van der Waals surface area (Å²) in [6.45, 7) is 0. The van der Waals surface area contributed by atoms with E-state index in [-0.39, 0.29) is 23.7 Å². The van der Waals surface area contributed by atoms with Crippen molar-refractivity contribution in [3.05, 3.63) is 28.7 Å². The number of rotatable bonds is 1. The molecule has 3 fully saturated rings. The second-order valence-corrected chi connectivity index (χ2v) is 6.79. The first-order chi connectivity index (χ1) is 9.16. The number of halogens is 1. The van der Waals surface area contributed by atoms with E-state index in [1.165, 1.54) is 4.90 Å². The summed E-state index contributed by atoms with van der Waals surface area (Å²) in [5.74, 6) is 0.901. The molecule has 2 amide bonds. The lowest BCUT2D eigenvalue weighted by molar-refractivity contribution is -0.123. The molecule has 0 spiro atoms. The number of nitrogens with zero attached hydrogens (tertiary/aromatic N) is 1. The molecule has 3 aliphatic rings. The minimum absolute atomic E-state index is 0.0320. The van der Waals surface area contributed by atoms with Gasteiger partial charge in [-0.3, -0.25) is 14.5 Å². The molecule has 1 aromatic carbocycles. The minimum atomic E-state index is -0.0325. The van der Waals surface area contributed by atoms with Gasteiger partial charge in [-0.05, 0) is 55.4 Å². The van der Waals surface area contributed by atoms with Crippen LogP contribution in [-0.2, 0) is 9.59 Å². The van der Waals surface area contributed by atoms with E-state index in [0.717, 1.165) is 23.7 Å². The number of carbonyl (C=O) groups is 2. The maximum atomic E-state index is 12.6. The topological polar surface area (TPSA) is 37.4 Å². The van der Waals surface area contributed by atoms with Crippen molar-refractivity contribution in [2.45, 2.75) is 19.3 Å². The van der Waals surface area contributed by atoms with Crippen LogP contribution in [-0.4, -0.2) is 11.8 Å². The third-order valence-corrected chi connectivity index (χ3v) is 5.54. The summed E-state index contributed by atoms with van der Waals surface area (Å²) in [6, 6.07) is 7.42. The van der Waals surface area contributed by atoms with Crippen LogP contribution in [0.4, 0.5) is 5.69 Å². The van der Waals surface area contributed by atoms with Crippen molar-refractivity contribution in [2.75, 3.05) is 4.90 Å². The van der Waals surface area contributed by atoms with Crippen molar-refractivity contribution in [3.63, 3.8) is 0 Å². The fourth-order valence-corrected chi connectivity index (χ4v) is 4.52. The summed E-state index contributed by atoms with van der Waals surface area (Å²) in [7, 11) is 0. The number of hydrogen-bond donors (Lipinski definition) is 0. The molecule has 4 heteroatoms. The SMILES string of the molecule is O=C1[C@H]2[C@@H]3CC[C@H](C3)[C@@H]2C(=O)N1c1ccc(Br)cc1. The van der Waals surface area contributed by atoms with Crippen molar-refractivity contribution < 1.29 is 9.59 Å². The normalized spacial score (nSPS) is 36.2. The molecule has 0 radical (unpaired) electrons. The number of fused-ring (bicyclic) bond motifs is 5. The fraction of sp³-hybridized carbons (Fsp3) is 0.467. The molecule has 2 bridgehead atoms. The van der Waals surface area contributed by atoms with Crippen LogP contribution in [0.1, 0.15) is 19.3 Å². The molecule has 4 rings (SSSR count). The number of benzene rings is 1. The molecule has 1 aliphatic heterocycles. The molecule has 0 unspecified atom stereocenters. The lowest BCUT2D eigenvalue weighted by Gasteiger charge is -2.19. The van der Waals surface area contributed by atoms with E-state index in [2.05, 4.69) is 15.9 Å². The zero-order valence-corrected chi connectivity index (χ0v) is 12.0. The van der Waals surface area contributed by atoms with Gasteiger partial charge in [0.05, 0.1) is 17.5 Å². The summed E-state index contributed by atoms with van der Waals surface area (Å²) < 4.78 is 0.954. The molecular weight excluding hydrogens is 306 g/mol. The molecule has 1 saturated heterocycles. The van der Waals surface area contributed by atoms with Gasteiger partial charge in [0.2, 0.25) is 11.8 Å². The second kappa shape index (κ2) is 3.92. The Bertz CT molecular complexity index is 540. The predicted molar refractivity (Wildman–Crippen MR) is 74.4 cm³/mol. The van der Waals surface area contributed by atoms with Gasteiger partial charge in [0, 0.05) is 4.47 Å². The molecule has 4 atom stereocenters. The molecular formula is C15H14BrNO2. The first-order valence-corrected chi connectivity index (χ1v) is 7.59. The first kappa shape index (κ1) is 11.6. The van der Waals surface area contributed by atoms with Gasteiger partial charge in [0.15, 0.2) is 0 Å². The van der Waals surface area contributed by atoms with Crippen molar-refractivity contribution in [1.29, 1.82) is 0 Å². The highest BCUT2D eigenvalue weighted by Gasteiger charge is 2.61. The summed E-state index contributed by atoms with van der Waals surface area (Å²) in [5, 5.41) is 0. The lowest BCUT2D eigenvalue weighted by atomic mass is 9.81. The van der Waals surface area contributed by atoms with Crippen molar-refractivity contribution in [1.82, 2.24) is 0 Å². The van der Waals surface area contributed by atoms with Gasteiger partial charge in [-0.2, -0.15) is 0 Å². The molecule has 98 valence electrons. The Kier molecular flexibility index (Phi) is 2.40. The van der Waals surface area contributed by atoms with Crippen molar-refractivity contribution in [3.8, 4) is 0 Å². The molecule has 0 aromatic heterocycles. The van der Waals surface area contributed by atoms with Gasteiger partial charge in [-0.15, -0.1) is 0 Å². The van der Waals surface area contributed by atoms with E-state index >= 15 is 0 Å². The number of hydrogen-bond acceptors (Lipinski definition) is 2. The van der Waals surface area contributed by atoms with Gasteiger partial charge in [-0.1, -0.05) is 15.9 Å². The van der Waals surface area contributed by atoms with Crippen LogP contribution in [0.5, 0.6) is 0 Å². The van der Waals surface area contributed by atoms with Crippen LogP contribution in [0.15, 0.2) is 28.7 Å². The summed E-state index contributed by atoms with van der Waals surface area (Å²) in [4.78, 5) is 26.6. The molecule has 3 nitrogen and oxygen atoms in total.